The zero-order chi connectivity index (χ0) is 29.8. The van der Waals surface area contributed by atoms with Crippen LogP contribution in [0.1, 0.15) is 172 Å². The van der Waals surface area contributed by atoms with Gasteiger partial charge in [0.1, 0.15) is 11.9 Å². The van der Waals surface area contributed by atoms with Crippen LogP contribution >= 0.6 is 0 Å². The van der Waals surface area contributed by atoms with Crippen molar-refractivity contribution in [3.05, 3.63) is 29.3 Å². The fourth-order valence-electron chi connectivity index (χ4n) is 9.07. The van der Waals surface area contributed by atoms with E-state index in [0.717, 1.165) is 44.9 Å². The number of benzene rings is 1. The molecule has 0 saturated heterocycles. The molecule has 42 heavy (non-hydrogen) atoms. The molecule has 6 unspecified atom stereocenters. The van der Waals surface area contributed by atoms with Crippen molar-refractivity contribution in [3.63, 3.8) is 0 Å². The van der Waals surface area contributed by atoms with Gasteiger partial charge in [-0.1, -0.05) is 110 Å². The molecule has 4 heteroatoms. The van der Waals surface area contributed by atoms with Crippen LogP contribution in [-0.4, -0.2) is 30.9 Å². The maximum absolute atomic E-state index is 12.9. The lowest BCUT2D eigenvalue weighted by molar-refractivity contribution is -0.157. The molecule has 238 valence electrons. The summed E-state index contributed by atoms with van der Waals surface area (Å²) in [5, 5.41) is 10.2. The standard InChI is InChI=1S/C38H62O4/c1-4-5-6-7-8-9-10-11-12-13-14-15-16-17-18-19-37(40)42-36-23-22-35-34-26-29(28-41-3)33-27-30(39)20-21-31(33)32(34)24-25-38(35,36)2/h20-21,27,29,32,34-36,39H,4-19,22-26,28H2,1-3H3. The number of fused-ring (bicyclic) bond motifs is 5. The molecule has 0 bridgehead atoms. The normalized spacial score (nSPS) is 28.2. The molecule has 3 aliphatic carbocycles. The minimum absolute atomic E-state index is 0.0282. The quantitative estimate of drug-likeness (QED) is 0.130. The Hall–Kier alpha value is -1.55. The summed E-state index contributed by atoms with van der Waals surface area (Å²) in [6, 6.07) is 5.99. The molecule has 6 atom stereocenters. The first-order valence-corrected chi connectivity index (χ1v) is 18.0. The Morgan fingerprint density at radius 2 is 1.48 bits per heavy atom. The molecule has 0 amide bonds. The Kier molecular flexibility index (Phi) is 13.6. The van der Waals surface area contributed by atoms with Crippen molar-refractivity contribution >= 4 is 5.97 Å². The molecule has 4 nitrogen and oxygen atoms in total. The van der Waals surface area contributed by atoms with E-state index in [2.05, 4.69) is 19.9 Å². The van der Waals surface area contributed by atoms with Gasteiger partial charge in [0.15, 0.2) is 0 Å². The smallest absolute Gasteiger partial charge is 0.306 e. The van der Waals surface area contributed by atoms with E-state index in [1.54, 1.807) is 7.11 Å². The Labute approximate surface area is 257 Å². The lowest BCUT2D eigenvalue weighted by atomic mass is 9.54. The summed E-state index contributed by atoms with van der Waals surface area (Å²) in [5.41, 5.74) is 2.78. The molecule has 1 aromatic carbocycles. The lowest BCUT2D eigenvalue weighted by Gasteiger charge is -2.51. The van der Waals surface area contributed by atoms with Gasteiger partial charge < -0.3 is 14.6 Å². The number of hydrogen-bond acceptors (Lipinski definition) is 4. The summed E-state index contributed by atoms with van der Waals surface area (Å²) in [5.74, 6) is 2.44. The monoisotopic (exact) mass is 582 g/mol. The molecule has 0 spiro atoms. The zero-order valence-electron chi connectivity index (χ0n) is 27.3. The fraction of sp³-hybridized carbons (Fsp3) is 0.816. The summed E-state index contributed by atoms with van der Waals surface area (Å²) < 4.78 is 11.9. The molecule has 0 radical (unpaired) electrons. The Morgan fingerprint density at radius 3 is 2.10 bits per heavy atom. The van der Waals surface area contributed by atoms with Gasteiger partial charge in [-0.25, -0.2) is 0 Å². The predicted molar refractivity (Wildman–Crippen MR) is 173 cm³/mol. The second-order valence-electron chi connectivity index (χ2n) is 14.4. The number of methoxy groups -OCH3 is 1. The molecular formula is C38H62O4. The van der Waals surface area contributed by atoms with Gasteiger partial charge in [0.25, 0.3) is 0 Å². The third-order valence-electron chi connectivity index (χ3n) is 11.4. The molecule has 1 N–H and O–H groups in total. The number of phenols is 1. The van der Waals surface area contributed by atoms with Crippen LogP contribution in [0.3, 0.4) is 0 Å². The van der Waals surface area contributed by atoms with E-state index in [1.807, 2.05) is 12.1 Å². The third-order valence-corrected chi connectivity index (χ3v) is 11.4. The minimum Gasteiger partial charge on any atom is -0.508 e. The molecule has 0 aromatic heterocycles. The largest absolute Gasteiger partial charge is 0.508 e. The number of carbonyl (C=O) groups is 1. The first-order valence-electron chi connectivity index (χ1n) is 18.0. The average molecular weight is 583 g/mol. The number of carbonyl (C=O) groups excluding carboxylic acids is 1. The van der Waals surface area contributed by atoms with Gasteiger partial charge in [-0.05, 0) is 79.5 Å². The summed E-state index contributed by atoms with van der Waals surface area (Å²) in [7, 11) is 1.78. The summed E-state index contributed by atoms with van der Waals surface area (Å²) in [4.78, 5) is 12.9. The van der Waals surface area contributed by atoms with Gasteiger partial charge in [0.05, 0.1) is 6.61 Å². The number of phenolic OH excluding ortho intramolecular Hbond substituents is 1. The fourth-order valence-corrected chi connectivity index (χ4v) is 9.07. The average Bonchev–Trinajstić information content (AvgIpc) is 3.31. The van der Waals surface area contributed by atoms with Gasteiger partial charge in [0.2, 0.25) is 0 Å². The summed E-state index contributed by atoms with van der Waals surface area (Å²) in [6.45, 7) is 5.39. The number of hydrogen-bond donors (Lipinski definition) is 1. The lowest BCUT2D eigenvalue weighted by Crippen LogP contribution is -2.46. The van der Waals surface area contributed by atoms with Gasteiger partial charge in [-0.3, -0.25) is 4.79 Å². The second kappa shape index (κ2) is 17.1. The minimum atomic E-state index is 0.0282. The van der Waals surface area contributed by atoms with Crippen molar-refractivity contribution in [1.29, 1.82) is 0 Å². The maximum Gasteiger partial charge on any atom is 0.306 e. The van der Waals surface area contributed by atoms with Gasteiger partial charge in [-0.2, -0.15) is 0 Å². The first kappa shape index (κ1) is 33.3. The summed E-state index contributed by atoms with van der Waals surface area (Å²) >= 11 is 0. The van der Waals surface area contributed by atoms with Crippen molar-refractivity contribution in [3.8, 4) is 5.75 Å². The molecule has 0 heterocycles. The highest BCUT2D eigenvalue weighted by Gasteiger charge is 2.57. The highest BCUT2D eigenvalue weighted by molar-refractivity contribution is 5.69. The molecule has 2 saturated carbocycles. The van der Waals surface area contributed by atoms with Crippen LogP contribution in [0, 0.1) is 17.3 Å². The van der Waals surface area contributed by atoms with Crippen LogP contribution in [-0.2, 0) is 14.3 Å². The number of unbranched alkanes of at least 4 members (excludes halogenated alkanes) is 14. The van der Waals surface area contributed by atoms with E-state index in [4.69, 9.17) is 9.47 Å². The van der Waals surface area contributed by atoms with Gasteiger partial charge >= 0.3 is 5.97 Å². The van der Waals surface area contributed by atoms with Crippen LogP contribution in [0.5, 0.6) is 5.75 Å². The van der Waals surface area contributed by atoms with Crippen LogP contribution in [0.25, 0.3) is 0 Å². The molecule has 4 rings (SSSR count). The molecule has 1 aromatic rings. The second-order valence-corrected chi connectivity index (χ2v) is 14.4. The van der Waals surface area contributed by atoms with E-state index < -0.39 is 0 Å². The van der Waals surface area contributed by atoms with E-state index in [0.29, 0.717) is 42.4 Å². The Morgan fingerprint density at radius 1 is 0.857 bits per heavy atom. The predicted octanol–water partition coefficient (Wildman–Crippen LogP) is 10.6. The van der Waals surface area contributed by atoms with Crippen LogP contribution < -0.4 is 0 Å². The molecule has 2 fully saturated rings. The van der Waals surface area contributed by atoms with E-state index in [9.17, 15) is 9.90 Å². The number of esters is 1. The van der Waals surface area contributed by atoms with Crippen LogP contribution in [0.15, 0.2) is 18.2 Å². The Bertz CT molecular complexity index is 943. The van der Waals surface area contributed by atoms with Crippen molar-refractivity contribution in [1.82, 2.24) is 0 Å². The van der Waals surface area contributed by atoms with Crippen molar-refractivity contribution in [2.45, 2.75) is 167 Å². The number of aromatic hydroxyl groups is 1. The van der Waals surface area contributed by atoms with E-state index in [-0.39, 0.29) is 17.5 Å². The SMILES string of the molecule is CCCCCCCCCCCCCCCCCC(=O)OC1CCC2C3CC(COC)c4cc(O)ccc4C3CCC12C. The van der Waals surface area contributed by atoms with Crippen LogP contribution in [0.4, 0.5) is 0 Å². The number of rotatable bonds is 19. The zero-order valence-corrected chi connectivity index (χ0v) is 27.3. The maximum atomic E-state index is 12.9. The molecule has 3 aliphatic rings. The van der Waals surface area contributed by atoms with Gasteiger partial charge in [0, 0.05) is 24.9 Å². The van der Waals surface area contributed by atoms with E-state index >= 15 is 0 Å². The van der Waals surface area contributed by atoms with Crippen LogP contribution in [0.2, 0.25) is 0 Å². The van der Waals surface area contributed by atoms with Gasteiger partial charge in [-0.15, -0.1) is 0 Å². The van der Waals surface area contributed by atoms with Crippen molar-refractivity contribution in [2.75, 3.05) is 13.7 Å². The first-order chi connectivity index (χ1) is 20.5. The molecule has 0 aliphatic heterocycles. The highest BCUT2D eigenvalue weighted by Crippen LogP contribution is 2.63. The van der Waals surface area contributed by atoms with Crippen molar-refractivity contribution < 1.29 is 19.4 Å². The number of ether oxygens (including phenoxy) is 2. The third kappa shape index (κ3) is 8.76. The van der Waals surface area contributed by atoms with Crippen molar-refractivity contribution in [2.24, 2.45) is 17.3 Å². The molecular weight excluding hydrogens is 520 g/mol. The summed E-state index contributed by atoms with van der Waals surface area (Å²) in [6.07, 6.45) is 26.3. The topological polar surface area (TPSA) is 55.8 Å². The Balaban J connectivity index is 1.12. The highest BCUT2D eigenvalue weighted by atomic mass is 16.5. The van der Waals surface area contributed by atoms with E-state index in [1.165, 1.54) is 94.6 Å².